The van der Waals surface area contributed by atoms with Gasteiger partial charge in [0.1, 0.15) is 18.2 Å². The summed E-state index contributed by atoms with van der Waals surface area (Å²) in [6, 6.07) is 19.0. The topological polar surface area (TPSA) is 71.4 Å². The van der Waals surface area contributed by atoms with Crippen molar-refractivity contribution < 1.29 is 14.3 Å². The van der Waals surface area contributed by atoms with Crippen LogP contribution in [0.5, 0.6) is 11.5 Å². The quantitative estimate of drug-likeness (QED) is 0.181. The van der Waals surface area contributed by atoms with Crippen molar-refractivity contribution in [2.24, 2.45) is 0 Å². The van der Waals surface area contributed by atoms with Gasteiger partial charge in [0.25, 0.3) is 5.91 Å². The van der Waals surface area contributed by atoms with Crippen LogP contribution in [0.3, 0.4) is 0 Å². The van der Waals surface area contributed by atoms with Gasteiger partial charge in [-0.3, -0.25) is 4.79 Å². The number of nitriles is 1. The molecule has 0 radical (unpaired) electrons. The number of ether oxygens (including phenoxy) is 2. The van der Waals surface area contributed by atoms with Crippen LogP contribution < -0.4 is 14.8 Å². The summed E-state index contributed by atoms with van der Waals surface area (Å²) in [6.07, 6.45) is 3.83. The molecule has 0 aliphatic heterocycles. The number of carbonyl (C=O) groups is 1. The average molecular weight is 501 g/mol. The second-order valence-electron chi connectivity index (χ2n) is 8.30. The minimum absolute atomic E-state index is 0.0491. The number of hydrogen-bond donors (Lipinski definition) is 1. The zero-order valence-electron chi connectivity index (χ0n) is 20.7. The van der Waals surface area contributed by atoms with Gasteiger partial charge in [-0.2, -0.15) is 5.26 Å². The highest BCUT2D eigenvalue weighted by Gasteiger charge is 2.16. The number of nitrogens with zero attached hydrogens (tertiary/aromatic N) is 1. The Labute approximate surface area is 217 Å². The van der Waals surface area contributed by atoms with Gasteiger partial charge in [0, 0.05) is 16.3 Å². The number of benzene rings is 3. The van der Waals surface area contributed by atoms with E-state index in [2.05, 4.69) is 11.9 Å². The Bertz CT molecular complexity index is 1320. The standard InChI is InChI=1S/C30H29ClN2O3/c1-5-7-24-14-23(15-25(18-32)30(34)33-26-13-10-21(4)27(31)17-26)16-28(35-6-2)29(24)36-19-22-11-8-20(3)9-12-22/h5,8-17H,1,6-7,19H2,2-4H3,(H,33,34)/b25-15-. The van der Waals surface area contributed by atoms with Gasteiger partial charge >= 0.3 is 0 Å². The largest absolute Gasteiger partial charge is 0.490 e. The summed E-state index contributed by atoms with van der Waals surface area (Å²) in [5.74, 6) is 0.630. The fourth-order valence-corrected chi connectivity index (χ4v) is 3.71. The molecule has 6 heteroatoms. The van der Waals surface area contributed by atoms with Gasteiger partial charge in [-0.25, -0.2) is 0 Å². The zero-order valence-corrected chi connectivity index (χ0v) is 21.5. The molecule has 3 aromatic carbocycles. The van der Waals surface area contributed by atoms with E-state index in [1.54, 1.807) is 30.3 Å². The average Bonchev–Trinajstić information content (AvgIpc) is 2.85. The predicted octanol–water partition coefficient (Wildman–Crippen LogP) is 7.21. The number of amides is 1. The number of carbonyl (C=O) groups excluding carboxylic acids is 1. The summed E-state index contributed by atoms with van der Waals surface area (Å²) in [6.45, 7) is 10.5. The molecule has 0 fully saturated rings. The van der Waals surface area contributed by atoms with E-state index in [1.165, 1.54) is 11.6 Å². The molecule has 0 bridgehead atoms. The van der Waals surface area contributed by atoms with Crippen molar-refractivity contribution >= 4 is 29.3 Å². The zero-order chi connectivity index (χ0) is 26.1. The number of allylic oxidation sites excluding steroid dienone is 1. The summed E-state index contributed by atoms with van der Waals surface area (Å²) in [7, 11) is 0. The number of hydrogen-bond acceptors (Lipinski definition) is 4. The molecule has 3 rings (SSSR count). The number of aryl methyl sites for hydroxylation is 2. The SMILES string of the molecule is C=CCc1cc(/C=C(/C#N)C(=O)Nc2ccc(C)c(Cl)c2)cc(OCC)c1OCc1ccc(C)cc1. The van der Waals surface area contributed by atoms with Gasteiger partial charge in [-0.15, -0.1) is 6.58 Å². The second kappa shape index (κ2) is 12.6. The highest BCUT2D eigenvalue weighted by molar-refractivity contribution is 6.31. The molecule has 0 saturated heterocycles. The van der Waals surface area contributed by atoms with E-state index in [0.717, 1.165) is 16.7 Å². The van der Waals surface area contributed by atoms with E-state index in [-0.39, 0.29) is 5.57 Å². The van der Waals surface area contributed by atoms with Crippen molar-refractivity contribution in [1.29, 1.82) is 5.26 Å². The van der Waals surface area contributed by atoms with Crippen molar-refractivity contribution in [3.63, 3.8) is 0 Å². The van der Waals surface area contributed by atoms with Crippen LogP contribution in [0.1, 0.15) is 34.7 Å². The Morgan fingerprint density at radius 3 is 2.50 bits per heavy atom. The van der Waals surface area contributed by atoms with E-state index >= 15 is 0 Å². The molecule has 0 saturated carbocycles. The molecule has 36 heavy (non-hydrogen) atoms. The van der Waals surface area contributed by atoms with Gasteiger partial charge in [0.2, 0.25) is 0 Å². The summed E-state index contributed by atoms with van der Waals surface area (Å²) < 4.78 is 12.1. The first-order valence-electron chi connectivity index (χ1n) is 11.6. The maximum atomic E-state index is 12.8. The van der Waals surface area contributed by atoms with Crippen molar-refractivity contribution in [1.82, 2.24) is 0 Å². The summed E-state index contributed by atoms with van der Waals surface area (Å²) in [4.78, 5) is 12.8. The van der Waals surface area contributed by atoms with Crippen LogP contribution >= 0.6 is 11.6 Å². The first-order chi connectivity index (χ1) is 17.3. The third kappa shape index (κ3) is 7.00. The minimum Gasteiger partial charge on any atom is -0.490 e. The first-order valence-corrected chi connectivity index (χ1v) is 12.0. The van der Waals surface area contributed by atoms with Gasteiger partial charge in [0.05, 0.1) is 6.61 Å². The maximum Gasteiger partial charge on any atom is 0.266 e. The fraction of sp³-hybridized carbons (Fsp3) is 0.200. The van der Waals surface area contributed by atoms with Crippen LogP contribution in [-0.2, 0) is 17.8 Å². The Balaban J connectivity index is 1.92. The normalized spacial score (nSPS) is 10.9. The molecule has 3 aromatic rings. The van der Waals surface area contributed by atoms with Crippen LogP contribution in [0, 0.1) is 25.2 Å². The first kappa shape index (κ1) is 26.6. The van der Waals surface area contributed by atoms with Crippen molar-refractivity contribution in [2.75, 3.05) is 11.9 Å². The summed E-state index contributed by atoms with van der Waals surface area (Å²) >= 11 is 6.16. The Morgan fingerprint density at radius 1 is 1.11 bits per heavy atom. The van der Waals surface area contributed by atoms with Crippen LogP contribution in [-0.4, -0.2) is 12.5 Å². The number of anilines is 1. The lowest BCUT2D eigenvalue weighted by atomic mass is 10.0. The lowest BCUT2D eigenvalue weighted by molar-refractivity contribution is -0.112. The van der Waals surface area contributed by atoms with Crippen LogP contribution in [0.2, 0.25) is 5.02 Å². The van der Waals surface area contributed by atoms with E-state index in [9.17, 15) is 10.1 Å². The number of nitrogens with one attached hydrogen (secondary N) is 1. The molecular weight excluding hydrogens is 472 g/mol. The third-order valence-corrected chi connectivity index (χ3v) is 5.83. The van der Waals surface area contributed by atoms with Crippen molar-refractivity contribution in [3.05, 3.63) is 106 Å². The Morgan fingerprint density at radius 2 is 1.86 bits per heavy atom. The highest BCUT2D eigenvalue weighted by atomic mass is 35.5. The molecule has 1 N–H and O–H groups in total. The summed E-state index contributed by atoms with van der Waals surface area (Å²) in [5, 5.41) is 12.9. The second-order valence-corrected chi connectivity index (χ2v) is 8.70. The molecule has 0 spiro atoms. The Kier molecular flexibility index (Phi) is 9.32. The van der Waals surface area contributed by atoms with E-state index in [0.29, 0.717) is 47.4 Å². The molecule has 0 aliphatic rings. The fourth-order valence-electron chi connectivity index (χ4n) is 3.52. The van der Waals surface area contributed by atoms with Gasteiger partial charge in [-0.1, -0.05) is 53.6 Å². The molecule has 0 atom stereocenters. The predicted molar refractivity (Wildman–Crippen MR) is 145 cm³/mol. The Hall–Kier alpha value is -4.01. The molecule has 0 unspecified atom stereocenters. The monoisotopic (exact) mass is 500 g/mol. The molecule has 0 heterocycles. The van der Waals surface area contributed by atoms with Crippen LogP contribution in [0.25, 0.3) is 6.08 Å². The van der Waals surface area contributed by atoms with Gasteiger partial charge in [0.15, 0.2) is 11.5 Å². The van der Waals surface area contributed by atoms with Gasteiger partial charge < -0.3 is 14.8 Å². The van der Waals surface area contributed by atoms with Gasteiger partial charge in [-0.05, 0) is 74.2 Å². The molecule has 184 valence electrons. The molecule has 0 aliphatic carbocycles. The highest BCUT2D eigenvalue weighted by Crippen LogP contribution is 2.35. The molecule has 1 amide bonds. The van der Waals surface area contributed by atoms with Crippen LogP contribution in [0.15, 0.2) is 72.8 Å². The molecule has 0 aromatic heterocycles. The van der Waals surface area contributed by atoms with E-state index < -0.39 is 5.91 Å². The number of halogens is 1. The van der Waals surface area contributed by atoms with E-state index in [4.69, 9.17) is 21.1 Å². The third-order valence-electron chi connectivity index (χ3n) is 5.43. The maximum absolute atomic E-state index is 12.8. The van der Waals surface area contributed by atoms with Crippen molar-refractivity contribution in [3.8, 4) is 17.6 Å². The van der Waals surface area contributed by atoms with Crippen LogP contribution in [0.4, 0.5) is 5.69 Å². The number of rotatable bonds is 10. The lowest BCUT2D eigenvalue weighted by Gasteiger charge is -2.17. The minimum atomic E-state index is -0.527. The molecule has 5 nitrogen and oxygen atoms in total. The summed E-state index contributed by atoms with van der Waals surface area (Å²) in [5.41, 5.74) is 5.07. The molecular formula is C30H29ClN2O3. The van der Waals surface area contributed by atoms with Crippen molar-refractivity contribution in [2.45, 2.75) is 33.8 Å². The smallest absolute Gasteiger partial charge is 0.266 e. The van der Waals surface area contributed by atoms with E-state index in [1.807, 2.05) is 57.2 Å². The lowest BCUT2D eigenvalue weighted by Crippen LogP contribution is -2.13.